The van der Waals surface area contributed by atoms with Crippen molar-refractivity contribution in [2.75, 3.05) is 6.54 Å². The predicted molar refractivity (Wildman–Crippen MR) is 64.3 cm³/mol. The minimum absolute atomic E-state index is 0. The van der Waals surface area contributed by atoms with Crippen molar-refractivity contribution in [3.63, 3.8) is 0 Å². The maximum absolute atomic E-state index is 11.4. The highest BCUT2D eigenvalue weighted by Crippen LogP contribution is 2.10. The first-order valence-corrected chi connectivity index (χ1v) is 5.41. The number of hydrogen-bond donors (Lipinski definition) is 3. The van der Waals surface area contributed by atoms with Crippen molar-refractivity contribution in [3.05, 3.63) is 0 Å². The van der Waals surface area contributed by atoms with Gasteiger partial charge in [0.05, 0.1) is 0 Å². The molecule has 0 radical (unpaired) electrons. The first-order chi connectivity index (χ1) is 7.09. The smallest absolute Gasteiger partial charge is 0.239 e. The number of rotatable bonds is 5. The van der Waals surface area contributed by atoms with Crippen LogP contribution < -0.4 is 16.4 Å². The first kappa shape index (κ1) is 15.2. The van der Waals surface area contributed by atoms with Gasteiger partial charge in [-0.15, -0.1) is 12.4 Å². The second-order valence-corrected chi connectivity index (χ2v) is 4.02. The van der Waals surface area contributed by atoms with Crippen molar-refractivity contribution < 1.29 is 9.59 Å². The Hall–Kier alpha value is -0.810. The summed E-state index contributed by atoms with van der Waals surface area (Å²) in [6, 6.07) is -0.117. The largest absolute Gasteiger partial charge is 0.368 e. The molecule has 1 heterocycles. The Kier molecular flexibility index (Phi) is 7.08. The number of halogens is 1. The van der Waals surface area contributed by atoms with Crippen molar-refractivity contribution in [2.45, 2.75) is 44.7 Å². The third-order valence-electron chi connectivity index (χ3n) is 2.69. The average molecular weight is 250 g/mol. The lowest BCUT2D eigenvalue weighted by Gasteiger charge is -2.12. The summed E-state index contributed by atoms with van der Waals surface area (Å²) in [4.78, 5) is 22.1. The highest BCUT2D eigenvalue weighted by molar-refractivity contribution is 5.86. The Balaban J connectivity index is 0.00000225. The molecular weight excluding hydrogens is 230 g/mol. The van der Waals surface area contributed by atoms with E-state index in [-0.39, 0.29) is 18.3 Å². The monoisotopic (exact) mass is 249 g/mol. The number of amides is 2. The molecule has 0 bridgehead atoms. The van der Waals surface area contributed by atoms with Crippen molar-refractivity contribution in [2.24, 2.45) is 5.73 Å². The average Bonchev–Trinajstić information content (AvgIpc) is 2.66. The Labute approximate surface area is 102 Å². The zero-order valence-electron chi connectivity index (χ0n) is 9.49. The zero-order valence-corrected chi connectivity index (χ0v) is 10.3. The van der Waals surface area contributed by atoms with E-state index < -0.39 is 11.9 Å². The van der Waals surface area contributed by atoms with Gasteiger partial charge in [0.1, 0.15) is 6.04 Å². The van der Waals surface area contributed by atoms with Gasteiger partial charge in [-0.1, -0.05) is 0 Å². The maximum atomic E-state index is 11.4. The predicted octanol–water partition coefficient (Wildman–Crippen LogP) is -0.0696. The summed E-state index contributed by atoms with van der Waals surface area (Å²) in [5.41, 5.74) is 5.04. The molecular formula is C10H20ClN3O2. The Morgan fingerprint density at radius 3 is 2.75 bits per heavy atom. The fraction of sp³-hybridized carbons (Fsp3) is 0.800. The number of nitrogens with one attached hydrogen (secondary N) is 2. The van der Waals surface area contributed by atoms with Crippen LogP contribution in [0.2, 0.25) is 0 Å². The number of carbonyl (C=O) groups excluding carboxylic acids is 2. The Morgan fingerprint density at radius 2 is 2.25 bits per heavy atom. The van der Waals surface area contributed by atoms with Crippen LogP contribution in [0.1, 0.15) is 32.6 Å². The summed E-state index contributed by atoms with van der Waals surface area (Å²) in [6.07, 6.45) is 3.61. The van der Waals surface area contributed by atoms with Crippen molar-refractivity contribution in [1.82, 2.24) is 10.6 Å². The molecule has 1 rings (SSSR count). The summed E-state index contributed by atoms with van der Waals surface area (Å²) in [7, 11) is 0. The van der Waals surface area contributed by atoms with E-state index in [9.17, 15) is 9.59 Å². The summed E-state index contributed by atoms with van der Waals surface area (Å²) in [6.45, 7) is 2.64. The summed E-state index contributed by atoms with van der Waals surface area (Å²) < 4.78 is 0. The van der Waals surface area contributed by atoms with Gasteiger partial charge < -0.3 is 16.4 Å². The van der Waals surface area contributed by atoms with Gasteiger partial charge in [-0.2, -0.15) is 0 Å². The second-order valence-electron chi connectivity index (χ2n) is 4.02. The lowest BCUT2D eigenvalue weighted by molar-refractivity contribution is -0.127. The normalized spacial score (nSPS) is 20.9. The molecule has 0 aromatic heterocycles. The minimum Gasteiger partial charge on any atom is -0.368 e. The van der Waals surface area contributed by atoms with Crippen molar-refractivity contribution in [3.8, 4) is 0 Å². The SMILES string of the molecule is C[C@H](NC(=O)CCC1CCCN1)C(N)=O.Cl. The van der Waals surface area contributed by atoms with E-state index in [4.69, 9.17) is 5.73 Å². The molecule has 16 heavy (non-hydrogen) atoms. The van der Waals surface area contributed by atoms with Gasteiger partial charge in [0.25, 0.3) is 0 Å². The van der Waals surface area contributed by atoms with Crippen LogP contribution in [0, 0.1) is 0 Å². The van der Waals surface area contributed by atoms with Crippen LogP contribution in [0.5, 0.6) is 0 Å². The molecule has 4 N–H and O–H groups in total. The quantitative estimate of drug-likeness (QED) is 0.638. The van der Waals surface area contributed by atoms with Crippen LogP contribution >= 0.6 is 12.4 Å². The molecule has 2 amide bonds. The third-order valence-corrected chi connectivity index (χ3v) is 2.69. The van der Waals surface area contributed by atoms with Gasteiger partial charge in [0, 0.05) is 12.5 Å². The maximum Gasteiger partial charge on any atom is 0.239 e. The van der Waals surface area contributed by atoms with Crippen LogP contribution in [0.25, 0.3) is 0 Å². The molecule has 0 aromatic carbocycles. The van der Waals surface area contributed by atoms with E-state index in [0.29, 0.717) is 12.5 Å². The lowest BCUT2D eigenvalue weighted by Crippen LogP contribution is -2.42. The standard InChI is InChI=1S/C10H19N3O2.ClH/c1-7(10(11)15)13-9(14)5-4-8-3-2-6-12-8;/h7-8,12H,2-6H2,1H3,(H2,11,15)(H,13,14);1H/t7-,8?;/m0./s1. The highest BCUT2D eigenvalue weighted by Gasteiger charge is 2.17. The zero-order chi connectivity index (χ0) is 11.3. The van der Waals surface area contributed by atoms with Crippen LogP contribution in [0.15, 0.2) is 0 Å². The molecule has 1 saturated heterocycles. The molecule has 0 aromatic rings. The van der Waals surface area contributed by atoms with E-state index in [1.165, 1.54) is 6.42 Å². The van der Waals surface area contributed by atoms with Crippen molar-refractivity contribution in [1.29, 1.82) is 0 Å². The second kappa shape index (κ2) is 7.46. The van der Waals surface area contributed by atoms with Gasteiger partial charge in [-0.25, -0.2) is 0 Å². The topological polar surface area (TPSA) is 84.2 Å². The van der Waals surface area contributed by atoms with E-state index >= 15 is 0 Å². The Bertz CT molecular complexity index is 242. The van der Waals surface area contributed by atoms with Gasteiger partial charge in [-0.05, 0) is 32.7 Å². The first-order valence-electron chi connectivity index (χ1n) is 5.41. The number of nitrogens with two attached hydrogens (primary N) is 1. The lowest BCUT2D eigenvalue weighted by atomic mass is 10.1. The molecule has 0 saturated carbocycles. The van der Waals surface area contributed by atoms with Crippen LogP contribution in [0.3, 0.4) is 0 Å². The molecule has 5 nitrogen and oxygen atoms in total. The van der Waals surface area contributed by atoms with Gasteiger partial charge >= 0.3 is 0 Å². The minimum atomic E-state index is -0.575. The molecule has 2 atom stereocenters. The van der Waals surface area contributed by atoms with E-state index in [0.717, 1.165) is 19.4 Å². The van der Waals surface area contributed by atoms with Gasteiger partial charge in [0.2, 0.25) is 11.8 Å². The summed E-state index contributed by atoms with van der Waals surface area (Å²) in [5.74, 6) is -0.600. The number of primary amides is 1. The molecule has 1 aliphatic rings. The van der Waals surface area contributed by atoms with Gasteiger partial charge in [-0.3, -0.25) is 9.59 Å². The van der Waals surface area contributed by atoms with E-state index in [2.05, 4.69) is 10.6 Å². The van der Waals surface area contributed by atoms with E-state index in [1.54, 1.807) is 6.92 Å². The highest BCUT2D eigenvalue weighted by atomic mass is 35.5. The molecule has 0 spiro atoms. The van der Waals surface area contributed by atoms with Crippen LogP contribution in [-0.2, 0) is 9.59 Å². The van der Waals surface area contributed by atoms with Crippen LogP contribution in [0.4, 0.5) is 0 Å². The molecule has 6 heteroatoms. The van der Waals surface area contributed by atoms with E-state index in [1.807, 2.05) is 0 Å². The molecule has 0 aliphatic carbocycles. The summed E-state index contributed by atoms with van der Waals surface area (Å²) >= 11 is 0. The Morgan fingerprint density at radius 1 is 1.56 bits per heavy atom. The fourth-order valence-corrected chi connectivity index (χ4v) is 1.69. The van der Waals surface area contributed by atoms with Crippen LogP contribution in [-0.4, -0.2) is 30.4 Å². The number of hydrogen-bond acceptors (Lipinski definition) is 3. The molecule has 1 unspecified atom stereocenters. The van der Waals surface area contributed by atoms with Crippen molar-refractivity contribution >= 4 is 24.2 Å². The third kappa shape index (κ3) is 5.32. The molecule has 94 valence electrons. The number of carbonyl (C=O) groups is 2. The fourth-order valence-electron chi connectivity index (χ4n) is 1.69. The van der Waals surface area contributed by atoms with Gasteiger partial charge in [0.15, 0.2) is 0 Å². The molecule has 1 aliphatic heterocycles. The summed E-state index contributed by atoms with van der Waals surface area (Å²) in [5, 5.41) is 5.88. The molecule has 1 fully saturated rings.